The molecule has 22 heavy (non-hydrogen) atoms. The van der Waals surface area contributed by atoms with Gasteiger partial charge < -0.3 is 9.47 Å². The van der Waals surface area contributed by atoms with Crippen molar-refractivity contribution >= 4 is 11.3 Å². The number of rotatable bonds is 4. The summed E-state index contributed by atoms with van der Waals surface area (Å²) in [6.07, 6.45) is 6.09. The van der Waals surface area contributed by atoms with Gasteiger partial charge >= 0.3 is 0 Å². The Kier molecular flexibility index (Phi) is 4.05. The normalized spacial score (nSPS) is 28.5. The second-order valence-corrected chi connectivity index (χ2v) is 6.70. The van der Waals surface area contributed by atoms with Gasteiger partial charge in [0.2, 0.25) is 5.88 Å². The van der Waals surface area contributed by atoms with Crippen molar-refractivity contribution in [2.75, 3.05) is 13.2 Å². The van der Waals surface area contributed by atoms with Crippen molar-refractivity contribution < 1.29 is 9.47 Å². The van der Waals surface area contributed by atoms with Crippen LogP contribution in [-0.4, -0.2) is 46.3 Å². The van der Waals surface area contributed by atoms with Gasteiger partial charge in [0.05, 0.1) is 6.54 Å². The zero-order valence-corrected chi connectivity index (χ0v) is 13.1. The van der Waals surface area contributed by atoms with Gasteiger partial charge in [0.25, 0.3) is 0 Å². The molecule has 2 aliphatic rings. The van der Waals surface area contributed by atoms with Crippen molar-refractivity contribution in [2.24, 2.45) is 0 Å². The Morgan fingerprint density at radius 2 is 2.32 bits per heavy atom. The molecule has 0 saturated carbocycles. The second-order valence-electron chi connectivity index (χ2n) is 5.72. The summed E-state index contributed by atoms with van der Waals surface area (Å²) in [5.74, 6) is 0.677. The highest BCUT2D eigenvalue weighted by atomic mass is 32.1. The Hall–Kier alpha value is -1.50. The van der Waals surface area contributed by atoms with Gasteiger partial charge in [0.1, 0.15) is 17.2 Å². The SMILES string of the molecule is c1ccc(O[C@@H]2CN(Cc3nccs3)[C@H]3CCCO[C@@H]23)nc1. The molecule has 0 aromatic carbocycles. The monoisotopic (exact) mass is 317 g/mol. The molecule has 0 N–H and O–H groups in total. The van der Waals surface area contributed by atoms with E-state index in [2.05, 4.69) is 14.9 Å². The van der Waals surface area contributed by atoms with E-state index in [-0.39, 0.29) is 12.2 Å². The van der Waals surface area contributed by atoms with E-state index in [1.807, 2.05) is 29.8 Å². The maximum absolute atomic E-state index is 6.10. The van der Waals surface area contributed by atoms with E-state index in [9.17, 15) is 0 Å². The zero-order valence-electron chi connectivity index (χ0n) is 12.3. The number of fused-ring (bicyclic) bond motifs is 1. The van der Waals surface area contributed by atoms with Crippen molar-refractivity contribution in [3.05, 3.63) is 41.0 Å². The molecule has 0 unspecified atom stereocenters. The summed E-state index contributed by atoms with van der Waals surface area (Å²) in [6.45, 7) is 2.57. The number of pyridine rings is 1. The van der Waals surface area contributed by atoms with Gasteiger partial charge in [-0.2, -0.15) is 0 Å². The Balaban J connectivity index is 1.50. The van der Waals surface area contributed by atoms with Crippen LogP contribution >= 0.6 is 11.3 Å². The van der Waals surface area contributed by atoms with Crippen LogP contribution in [0.4, 0.5) is 0 Å². The fraction of sp³-hybridized carbons (Fsp3) is 0.500. The first-order valence-electron chi connectivity index (χ1n) is 7.72. The average molecular weight is 317 g/mol. The van der Waals surface area contributed by atoms with Crippen LogP contribution in [0.15, 0.2) is 36.0 Å². The summed E-state index contributed by atoms with van der Waals surface area (Å²) in [5, 5.41) is 3.19. The number of thiazole rings is 1. The number of likely N-dealkylation sites (tertiary alicyclic amines) is 1. The first-order valence-corrected chi connectivity index (χ1v) is 8.60. The number of nitrogens with zero attached hydrogens (tertiary/aromatic N) is 3. The minimum absolute atomic E-state index is 0.0418. The molecule has 0 amide bonds. The summed E-state index contributed by atoms with van der Waals surface area (Å²) in [6, 6.07) is 6.17. The van der Waals surface area contributed by atoms with Crippen molar-refractivity contribution in [3.63, 3.8) is 0 Å². The third-order valence-corrected chi connectivity index (χ3v) is 5.08. The average Bonchev–Trinajstić information content (AvgIpc) is 3.18. The molecule has 0 aliphatic carbocycles. The van der Waals surface area contributed by atoms with Crippen molar-refractivity contribution in [3.8, 4) is 5.88 Å². The van der Waals surface area contributed by atoms with Crippen LogP contribution in [0.2, 0.25) is 0 Å². The van der Waals surface area contributed by atoms with Crippen molar-refractivity contribution in [1.29, 1.82) is 0 Å². The molecular weight excluding hydrogens is 298 g/mol. The standard InChI is InChI=1S/C16H19N3O2S/c1-2-6-17-14(5-1)21-13-10-19(11-15-18-7-9-22-15)12-4-3-8-20-16(12)13/h1-2,5-7,9,12-13,16H,3-4,8,10-11H2/t12-,13+,16+/m0/s1. The highest BCUT2D eigenvalue weighted by Gasteiger charge is 2.45. The van der Waals surface area contributed by atoms with Gasteiger partial charge in [-0.1, -0.05) is 6.07 Å². The minimum Gasteiger partial charge on any atom is -0.470 e. The molecule has 2 aromatic rings. The van der Waals surface area contributed by atoms with Crippen LogP contribution in [-0.2, 0) is 11.3 Å². The fourth-order valence-corrected chi connectivity index (χ4v) is 4.01. The van der Waals surface area contributed by atoms with Gasteiger partial charge in [0, 0.05) is 43.0 Å². The molecule has 0 bridgehead atoms. The molecule has 4 heterocycles. The molecule has 2 aliphatic heterocycles. The summed E-state index contributed by atoms with van der Waals surface area (Å²) >= 11 is 1.71. The zero-order chi connectivity index (χ0) is 14.8. The van der Waals surface area contributed by atoms with E-state index in [1.165, 1.54) is 0 Å². The lowest BCUT2D eigenvalue weighted by atomic mass is 10.0. The molecule has 2 aromatic heterocycles. The lowest BCUT2D eigenvalue weighted by Gasteiger charge is -2.31. The van der Waals surface area contributed by atoms with Gasteiger partial charge in [-0.3, -0.25) is 4.90 Å². The third-order valence-electron chi connectivity index (χ3n) is 4.32. The topological polar surface area (TPSA) is 47.5 Å². The molecule has 116 valence electrons. The van der Waals surface area contributed by atoms with Gasteiger partial charge in [-0.25, -0.2) is 9.97 Å². The second kappa shape index (κ2) is 6.32. The van der Waals surface area contributed by atoms with Crippen molar-refractivity contribution in [1.82, 2.24) is 14.9 Å². The lowest BCUT2D eigenvalue weighted by molar-refractivity contribution is -0.0479. The van der Waals surface area contributed by atoms with Crippen LogP contribution in [0.25, 0.3) is 0 Å². The Morgan fingerprint density at radius 1 is 1.32 bits per heavy atom. The molecule has 2 fully saturated rings. The van der Waals surface area contributed by atoms with Crippen molar-refractivity contribution in [2.45, 2.75) is 37.6 Å². The van der Waals surface area contributed by atoms with Crippen LogP contribution < -0.4 is 4.74 Å². The van der Waals surface area contributed by atoms with Gasteiger partial charge in [-0.15, -0.1) is 11.3 Å². The van der Waals surface area contributed by atoms with Crippen LogP contribution in [0.3, 0.4) is 0 Å². The Labute approximate surface area is 133 Å². The summed E-state index contributed by atoms with van der Waals surface area (Å²) < 4.78 is 12.1. The van der Waals surface area contributed by atoms with E-state index >= 15 is 0 Å². The first kappa shape index (κ1) is 14.1. The molecule has 2 saturated heterocycles. The Bertz CT molecular complexity index is 593. The van der Waals surface area contributed by atoms with E-state index in [0.29, 0.717) is 11.9 Å². The summed E-state index contributed by atoms with van der Waals surface area (Å²) in [4.78, 5) is 11.1. The lowest BCUT2D eigenvalue weighted by Crippen LogP contribution is -2.42. The highest BCUT2D eigenvalue weighted by Crippen LogP contribution is 2.32. The van der Waals surface area contributed by atoms with Crippen LogP contribution in [0.1, 0.15) is 17.8 Å². The molecule has 4 rings (SSSR count). The number of hydrogen-bond donors (Lipinski definition) is 0. The van der Waals surface area contributed by atoms with E-state index in [0.717, 1.165) is 37.5 Å². The molecule has 3 atom stereocenters. The predicted octanol–water partition coefficient (Wildman–Crippen LogP) is 2.35. The number of ether oxygens (including phenoxy) is 2. The summed E-state index contributed by atoms with van der Waals surface area (Å²) in [5.41, 5.74) is 0. The maximum atomic E-state index is 6.10. The molecular formula is C16H19N3O2S. The summed E-state index contributed by atoms with van der Waals surface area (Å²) in [7, 11) is 0. The number of aromatic nitrogens is 2. The molecule has 0 spiro atoms. The maximum Gasteiger partial charge on any atom is 0.213 e. The van der Waals surface area contributed by atoms with Crippen LogP contribution in [0.5, 0.6) is 5.88 Å². The van der Waals surface area contributed by atoms with E-state index < -0.39 is 0 Å². The minimum atomic E-state index is 0.0418. The highest BCUT2D eigenvalue weighted by molar-refractivity contribution is 7.09. The van der Waals surface area contributed by atoms with E-state index in [1.54, 1.807) is 17.5 Å². The Morgan fingerprint density at radius 3 is 3.14 bits per heavy atom. The largest absolute Gasteiger partial charge is 0.470 e. The first-order chi connectivity index (χ1) is 10.9. The van der Waals surface area contributed by atoms with Crippen LogP contribution in [0, 0.1) is 0 Å². The van der Waals surface area contributed by atoms with Gasteiger partial charge in [0.15, 0.2) is 0 Å². The quantitative estimate of drug-likeness (QED) is 0.866. The van der Waals surface area contributed by atoms with E-state index in [4.69, 9.17) is 9.47 Å². The molecule has 0 radical (unpaired) electrons. The smallest absolute Gasteiger partial charge is 0.213 e. The predicted molar refractivity (Wildman–Crippen MR) is 83.9 cm³/mol. The third kappa shape index (κ3) is 2.86. The van der Waals surface area contributed by atoms with Gasteiger partial charge in [-0.05, 0) is 18.9 Å². The molecule has 5 nitrogen and oxygen atoms in total. The number of hydrogen-bond acceptors (Lipinski definition) is 6. The fourth-order valence-electron chi connectivity index (χ4n) is 3.37. The molecule has 6 heteroatoms.